The van der Waals surface area contributed by atoms with E-state index in [1.54, 1.807) is 0 Å². The number of carboxylic acid groups (broad SMARTS) is 1. The van der Waals surface area contributed by atoms with E-state index >= 15 is 0 Å². The molecular weight excluding hydrogens is 228 g/mol. The second kappa shape index (κ2) is 5.23. The lowest BCUT2D eigenvalue weighted by atomic mass is 10.00. The number of aromatic carboxylic acids is 1. The van der Waals surface area contributed by atoms with E-state index in [0.717, 1.165) is 23.1 Å². The Balaban J connectivity index is 2.42. The Labute approximate surface area is 105 Å². The molecule has 1 aromatic carbocycles. The van der Waals surface area contributed by atoms with Gasteiger partial charge < -0.3 is 5.11 Å². The van der Waals surface area contributed by atoms with Gasteiger partial charge in [0.1, 0.15) is 0 Å². The predicted octanol–water partition coefficient (Wildman–Crippen LogP) is 2.57. The van der Waals surface area contributed by atoms with E-state index in [-0.39, 0.29) is 5.82 Å². The van der Waals surface area contributed by atoms with Crippen molar-refractivity contribution in [2.75, 3.05) is 0 Å². The molecule has 0 saturated carbocycles. The van der Waals surface area contributed by atoms with Crippen LogP contribution in [-0.2, 0) is 6.42 Å². The lowest BCUT2D eigenvalue weighted by Crippen LogP contribution is -2.03. The highest BCUT2D eigenvalue weighted by Crippen LogP contribution is 2.22. The van der Waals surface area contributed by atoms with Gasteiger partial charge in [-0.15, -0.1) is 6.58 Å². The third kappa shape index (κ3) is 2.43. The fraction of sp³-hybridized carbons (Fsp3) is 0.0714. The van der Waals surface area contributed by atoms with Gasteiger partial charge in [0.25, 0.3) is 0 Å². The monoisotopic (exact) mass is 240 g/mol. The van der Waals surface area contributed by atoms with Crippen molar-refractivity contribution in [2.24, 2.45) is 0 Å². The molecule has 1 aromatic heterocycles. The van der Waals surface area contributed by atoms with Gasteiger partial charge in [0, 0.05) is 18.0 Å². The van der Waals surface area contributed by atoms with Gasteiger partial charge >= 0.3 is 5.97 Å². The average Bonchev–Trinajstić information content (AvgIpc) is 2.40. The second-order valence-corrected chi connectivity index (χ2v) is 3.75. The number of hydrogen-bond acceptors (Lipinski definition) is 3. The summed E-state index contributed by atoms with van der Waals surface area (Å²) in [7, 11) is 0. The fourth-order valence-electron chi connectivity index (χ4n) is 1.71. The summed E-state index contributed by atoms with van der Waals surface area (Å²) in [4.78, 5) is 18.3. The summed E-state index contributed by atoms with van der Waals surface area (Å²) in [5.41, 5.74) is 2.91. The summed E-state index contributed by atoms with van der Waals surface area (Å²) in [6.07, 6.45) is 5.62. The number of benzene rings is 1. The van der Waals surface area contributed by atoms with Crippen molar-refractivity contribution in [3.8, 4) is 11.1 Å². The van der Waals surface area contributed by atoms with E-state index in [1.165, 1.54) is 12.4 Å². The maximum Gasteiger partial charge on any atom is 0.373 e. The van der Waals surface area contributed by atoms with Gasteiger partial charge in [0.05, 0.1) is 0 Å². The van der Waals surface area contributed by atoms with Crippen LogP contribution in [0.3, 0.4) is 0 Å². The molecule has 0 atom stereocenters. The standard InChI is InChI=1S/C14H12N2O2/c1-2-5-10-6-3-4-7-12(10)11-8-15-13(14(17)18)16-9-11/h2-4,6-9H,1,5H2,(H,17,18). The van der Waals surface area contributed by atoms with Crippen LogP contribution in [0.4, 0.5) is 0 Å². The molecule has 0 aliphatic rings. The number of rotatable bonds is 4. The Morgan fingerprint density at radius 3 is 2.56 bits per heavy atom. The first-order valence-corrected chi connectivity index (χ1v) is 5.47. The molecule has 18 heavy (non-hydrogen) atoms. The molecule has 0 aliphatic heterocycles. The number of carbonyl (C=O) groups is 1. The first-order chi connectivity index (χ1) is 8.72. The molecule has 4 heteroatoms. The summed E-state index contributed by atoms with van der Waals surface area (Å²) >= 11 is 0. The van der Waals surface area contributed by atoms with Crippen LogP contribution in [0.15, 0.2) is 49.3 Å². The van der Waals surface area contributed by atoms with Crippen LogP contribution in [0.1, 0.15) is 16.2 Å². The molecule has 0 radical (unpaired) electrons. The first-order valence-electron chi connectivity index (χ1n) is 5.47. The van der Waals surface area contributed by atoms with Crippen LogP contribution in [0.25, 0.3) is 11.1 Å². The highest BCUT2D eigenvalue weighted by molar-refractivity contribution is 5.83. The van der Waals surface area contributed by atoms with Crippen LogP contribution < -0.4 is 0 Å². The van der Waals surface area contributed by atoms with E-state index in [4.69, 9.17) is 5.11 Å². The van der Waals surface area contributed by atoms with Gasteiger partial charge in [0.15, 0.2) is 0 Å². The van der Waals surface area contributed by atoms with Gasteiger partial charge in [0.2, 0.25) is 5.82 Å². The van der Waals surface area contributed by atoms with Crippen molar-refractivity contribution in [1.29, 1.82) is 0 Å². The SMILES string of the molecule is C=CCc1ccccc1-c1cnc(C(=O)O)nc1. The topological polar surface area (TPSA) is 63.1 Å². The second-order valence-electron chi connectivity index (χ2n) is 3.75. The molecule has 2 aromatic rings. The van der Waals surface area contributed by atoms with Crippen molar-refractivity contribution < 1.29 is 9.90 Å². The molecule has 2 rings (SSSR count). The van der Waals surface area contributed by atoms with E-state index in [9.17, 15) is 4.79 Å². The van der Waals surface area contributed by atoms with Crippen molar-refractivity contribution in [2.45, 2.75) is 6.42 Å². The molecular formula is C14H12N2O2. The molecule has 0 bridgehead atoms. The highest BCUT2D eigenvalue weighted by atomic mass is 16.4. The quantitative estimate of drug-likeness (QED) is 0.834. The molecule has 1 N–H and O–H groups in total. The molecule has 1 heterocycles. The van der Waals surface area contributed by atoms with Crippen molar-refractivity contribution >= 4 is 5.97 Å². The van der Waals surface area contributed by atoms with Crippen LogP contribution in [-0.4, -0.2) is 21.0 Å². The van der Waals surface area contributed by atoms with Gasteiger partial charge in [-0.1, -0.05) is 30.3 Å². The number of allylic oxidation sites excluding steroid dienone is 1. The summed E-state index contributed by atoms with van der Waals surface area (Å²) in [6, 6.07) is 7.84. The fourth-order valence-corrected chi connectivity index (χ4v) is 1.71. The zero-order valence-electron chi connectivity index (χ0n) is 9.71. The molecule has 0 amide bonds. The number of carboxylic acids is 1. The zero-order chi connectivity index (χ0) is 13.0. The van der Waals surface area contributed by atoms with Gasteiger partial charge in [-0.05, 0) is 17.5 Å². The normalized spacial score (nSPS) is 10.0. The maximum atomic E-state index is 10.7. The Morgan fingerprint density at radius 2 is 1.94 bits per heavy atom. The van der Waals surface area contributed by atoms with Crippen LogP contribution in [0.2, 0.25) is 0 Å². The van der Waals surface area contributed by atoms with Gasteiger partial charge in [-0.3, -0.25) is 0 Å². The van der Waals surface area contributed by atoms with Crippen molar-refractivity contribution in [3.63, 3.8) is 0 Å². The molecule has 0 spiro atoms. The first kappa shape index (κ1) is 12.0. The Morgan fingerprint density at radius 1 is 1.28 bits per heavy atom. The zero-order valence-corrected chi connectivity index (χ0v) is 9.71. The molecule has 0 aliphatic carbocycles. The molecule has 0 saturated heterocycles. The van der Waals surface area contributed by atoms with E-state index in [1.807, 2.05) is 30.3 Å². The number of aromatic nitrogens is 2. The minimum atomic E-state index is -1.12. The number of hydrogen-bond donors (Lipinski definition) is 1. The highest BCUT2D eigenvalue weighted by Gasteiger charge is 2.08. The van der Waals surface area contributed by atoms with E-state index in [0.29, 0.717) is 0 Å². The summed E-state index contributed by atoms with van der Waals surface area (Å²) in [5, 5.41) is 8.75. The molecule has 4 nitrogen and oxygen atoms in total. The Kier molecular flexibility index (Phi) is 3.48. The lowest BCUT2D eigenvalue weighted by Gasteiger charge is -2.07. The summed E-state index contributed by atoms with van der Waals surface area (Å²) < 4.78 is 0. The summed E-state index contributed by atoms with van der Waals surface area (Å²) in [5.74, 6) is -1.32. The summed E-state index contributed by atoms with van der Waals surface area (Å²) in [6.45, 7) is 3.72. The largest absolute Gasteiger partial charge is 0.475 e. The van der Waals surface area contributed by atoms with Gasteiger partial charge in [-0.25, -0.2) is 14.8 Å². The van der Waals surface area contributed by atoms with E-state index in [2.05, 4.69) is 16.5 Å². The van der Waals surface area contributed by atoms with Crippen LogP contribution in [0, 0.1) is 0 Å². The third-order valence-electron chi connectivity index (χ3n) is 2.54. The molecule has 0 unspecified atom stereocenters. The van der Waals surface area contributed by atoms with Crippen molar-refractivity contribution in [1.82, 2.24) is 9.97 Å². The third-order valence-corrected chi connectivity index (χ3v) is 2.54. The van der Waals surface area contributed by atoms with Crippen LogP contribution >= 0.6 is 0 Å². The Bertz CT molecular complexity index is 577. The molecule has 90 valence electrons. The smallest absolute Gasteiger partial charge is 0.373 e. The minimum Gasteiger partial charge on any atom is -0.475 e. The van der Waals surface area contributed by atoms with Crippen LogP contribution in [0.5, 0.6) is 0 Å². The van der Waals surface area contributed by atoms with Gasteiger partial charge in [-0.2, -0.15) is 0 Å². The average molecular weight is 240 g/mol. The predicted molar refractivity (Wildman–Crippen MR) is 68.3 cm³/mol. The number of nitrogens with zero attached hydrogens (tertiary/aromatic N) is 2. The Hall–Kier alpha value is -2.49. The minimum absolute atomic E-state index is 0.194. The molecule has 0 fully saturated rings. The van der Waals surface area contributed by atoms with Crippen molar-refractivity contribution in [3.05, 3.63) is 60.7 Å². The lowest BCUT2D eigenvalue weighted by molar-refractivity contribution is 0.0683. The van der Waals surface area contributed by atoms with E-state index < -0.39 is 5.97 Å². The maximum absolute atomic E-state index is 10.7.